The third-order valence-electron chi connectivity index (χ3n) is 2.99. The van der Waals surface area contributed by atoms with Crippen LogP contribution in [0.4, 0.5) is 0 Å². The Bertz CT molecular complexity index is 960. The molecule has 8 heteroatoms. The van der Waals surface area contributed by atoms with Gasteiger partial charge in [-0.05, 0) is 24.3 Å². The fraction of sp³-hybridized carbons (Fsp3) is 0.0714. The van der Waals surface area contributed by atoms with Crippen molar-refractivity contribution in [1.29, 1.82) is 0 Å². The summed E-state index contributed by atoms with van der Waals surface area (Å²) in [5.74, 6) is -0.844. The number of ether oxygens (including phenoxy) is 1. The standard InChI is InChI=1S/C14H10N4O4/c19-12-10(5-3-7-15-12)14(21)22-8-18-13(20)9-4-1-2-6-11(9)16-17-18/h1-7H,8H2,(H,15,19). The van der Waals surface area contributed by atoms with Crippen LogP contribution >= 0.6 is 0 Å². The van der Waals surface area contributed by atoms with Crippen molar-refractivity contribution >= 4 is 16.9 Å². The van der Waals surface area contributed by atoms with E-state index in [1.165, 1.54) is 18.3 Å². The quantitative estimate of drug-likeness (QED) is 0.697. The number of hydrogen-bond acceptors (Lipinski definition) is 6. The van der Waals surface area contributed by atoms with Gasteiger partial charge in [-0.3, -0.25) is 9.59 Å². The third-order valence-corrected chi connectivity index (χ3v) is 2.99. The highest BCUT2D eigenvalue weighted by atomic mass is 16.5. The normalized spacial score (nSPS) is 10.5. The molecule has 0 aliphatic heterocycles. The van der Waals surface area contributed by atoms with Crippen molar-refractivity contribution in [3.05, 3.63) is 68.9 Å². The first kappa shape index (κ1) is 13.7. The number of aromatic nitrogens is 4. The molecule has 0 fully saturated rings. The molecule has 0 saturated heterocycles. The molecule has 22 heavy (non-hydrogen) atoms. The lowest BCUT2D eigenvalue weighted by atomic mass is 10.2. The van der Waals surface area contributed by atoms with E-state index in [0.29, 0.717) is 10.9 Å². The van der Waals surface area contributed by atoms with Crippen molar-refractivity contribution in [2.45, 2.75) is 6.73 Å². The monoisotopic (exact) mass is 298 g/mol. The summed E-state index contributed by atoms with van der Waals surface area (Å²) < 4.78 is 5.84. The zero-order valence-electron chi connectivity index (χ0n) is 11.2. The van der Waals surface area contributed by atoms with Gasteiger partial charge in [0.2, 0.25) is 0 Å². The third kappa shape index (κ3) is 2.49. The van der Waals surface area contributed by atoms with Gasteiger partial charge >= 0.3 is 5.97 Å². The van der Waals surface area contributed by atoms with Crippen molar-refractivity contribution < 1.29 is 9.53 Å². The van der Waals surface area contributed by atoms with E-state index in [0.717, 1.165) is 4.68 Å². The van der Waals surface area contributed by atoms with E-state index in [9.17, 15) is 14.4 Å². The van der Waals surface area contributed by atoms with Crippen LogP contribution in [0.2, 0.25) is 0 Å². The molecule has 0 saturated carbocycles. The van der Waals surface area contributed by atoms with Gasteiger partial charge in [0, 0.05) is 6.20 Å². The number of pyridine rings is 1. The van der Waals surface area contributed by atoms with Gasteiger partial charge in [-0.15, -0.1) is 5.10 Å². The summed E-state index contributed by atoms with van der Waals surface area (Å²) in [6, 6.07) is 9.53. The SMILES string of the molecule is O=C(OCn1nnc2ccccc2c1=O)c1ccc[nH]c1=O. The fourth-order valence-corrected chi connectivity index (χ4v) is 1.89. The highest BCUT2D eigenvalue weighted by Gasteiger charge is 2.12. The second-order valence-electron chi connectivity index (χ2n) is 4.39. The second kappa shape index (κ2) is 5.60. The van der Waals surface area contributed by atoms with Gasteiger partial charge in [0.15, 0.2) is 6.73 Å². The molecular formula is C14H10N4O4. The Morgan fingerprint density at radius 1 is 1.18 bits per heavy atom. The molecule has 3 rings (SSSR count). The lowest BCUT2D eigenvalue weighted by Crippen LogP contribution is -2.27. The molecule has 3 aromatic rings. The Kier molecular flexibility index (Phi) is 3.48. The van der Waals surface area contributed by atoms with Gasteiger partial charge in [-0.25, -0.2) is 4.79 Å². The van der Waals surface area contributed by atoms with Crippen molar-refractivity contribution in [2.75, 3.05) is 0 Å². The molecule has 0 amide bonds. The number of esters is 1. The average molecular weight is 298 g/mol. The smallest absolute Gasteiger partial charge is 0.345 e. The molecule has 0 aliphatic rings. The average Bonchev–Trinajstić information content (AvgIpc) is 2.55. The van der Waals surface area contributed by atoms with E-state index >= 15 is 0 Å². The first-order valence-corrected chi connectivity index (χ1v) is 6.34. The second-order valence-corrected chi connectivity index (χ2v) is 4.39. The molecule has 2 heterocycles. The van der Waals surface area contributed by atoms with Crippen LogP contribution < -0.4 is 11.1 Å². The highest BCUT2D eigenvalue weighted by molar-refractivity contribution is 5.88. The van der Waals surface area contributed by atoms with Gasteiger partial charge in [-0.2, -0.15) is 4.68 Å². The van der Waals surface area contributed by atoms with E-state index in [-0.39, 0.29) is 5.56 Å². The van der Waals surface area contributed by atoms with E-state index in [1.54, 1.807) is 24.3 Å². The maximum Gasteiger partial charge on any atom is 0.345 e. The van der Waals surface area contributed by atoms with E-state index < -0.39 is 23.8 Å². The molecular weight excluding hydrogens is 288 g/mol. The number of rotatable bonds is 3. The molecule has 0 radical (unpaired) electrons. The van der Waals surface area contributed by atoms with Crippen LogP contribution in [-0.2, 0) is 11.5 Å². The van der Waals surface area contributed by atoms with Crippen LogP contribution in [0.25, 0.3) is 10.9 Å². The number of fused-ring (bicyclic) bond motifs is 1. The van der Waals surface area contributed by atoms with E-state index in [1.807, 2.05) is 0 Å². The number of aromatic amines is 1. The van der Waals surface area contributed by atoms with Gasteiger partial charge in [0.25, 0.3) is 11.1 Å². The number of hydrogen-bond donors (Lipinski definition) is 1. The fourth-order valence-electron chi connectivity index (χ4n) is 1.89. The number of H-pyrrole nitrogens is 1. The maximum atomic E-state index is 12.1. The van der Waals surface area contributed by atoms with Crippen molar-refractivity contribution in [1.82, 2.24) is 20.0 Å². The number of carbonyl (C=O) groups is 1. The largest absolute Gasteiger partial charge is 0.438 e. The van der Waals surface area contributed by atoms with Crippen molar-refractivity contribution in [3.63, 3.8) is 0 Å². The van der Waals surface area contributed by atoms with E-state index in [2.05, 4.69) is 15.3 Å². The molecule has 8 nitrogen and oxygen atoms in total. The van der Waals surface area contributed by atoms with Crippen LogP contribution in [0.15, 0.2) is 52.2 Å². The minimum absolute atomic E-state index is 0.149. The molecule has 110 valence electrons. The predicted octanol–water partition coefficient (Wildman–Crippen LogP) is 0.294. The lowest BCUT2D eigenvalue weighted by molar-refractivity contribution is 0.0334. The van der Waals surface area contributed by atoms with Gasteiger partial charge in [-0.1, -0.05) is 17.3 Å². The molecule has 0 spiro atoms. The predicted molar refractivity (Wildman–Crippen MR) is 76.3 cm³/mol. The molecule has 0 bridgehead atoms. The number of carbonyl (C=O) groups excluding carboxylic acids is 1. The Morgan fingerprint density at radius 2 is 2.00 bits per heavy atom. The van der Waals surface area contributed by atoms with Crippen LogP contribution in [0.3, 0.4) is 0 Å². The van der Waals surface area contributed by atoms with Crippen LogP contribution in [0.5, 0.6) is 0 Å². The molecule has 1 N–H and O–H groups in total. The highest BCUT2D eigenvalue weighted by Crippen LogP contribution is 2.03. The minimum atomic E-state index is -0.844. The summed E-state index contributed by atoms with van der Waals surface area (Å²) in [6.07, 6.45) is 1.40. The summed E-state index contributed by atoms with van der Waals surface area (Å²) in [4.78, 5) is 37.8. The summed E-state index contributed by atoms with van der Waals surface area (Å²) >= 11 is 0. The van der Waals surface area contributed by atoms with Crippen LogP contribution in [0.1, 0.15) is 10.4 Å². The van der Waals surface area contributed by atoms with Gasteiger partial charge < -0.3 is 9.72 Å². The Hall–Kier alpha value is -3.29. The summed E-state index contributed by atoms with van der Waals surface area (Å²) in [7, 11) is 0. The summed E-state index contributed by atoms with van der Waals surface area (Å²) in [5, 5.41) is 7.92. The van der Waals surface area contributed by atoms with Gasteiger partial charge in [0.1, 0.15) is 11.1 Å². The number of benzene rings is 1. The van der Waals surface area contributed by atoms with Crippen molar-refractivity contribution in [3.8, 4) is 0 Å². The van der Waals surface area contributed by atoms with Gasteiger partial charge in [0.05, 0.1) is 5.39 Å². The molecule has 1 aromatic carbocycles. The number of nitrogens with one attached hydrogen (secondary N) is 1. The summed E-state index contributed by atoms with van der Waals surface area (Å²) in [6.45, 7) is -0.427. The van der Waals surface area contributed by atoms with Crippen LogP contribution in [-0.4, -0.2) is 25.9 Å². The Balaban J connectivity index is 1.84. The topological polar surface area (TPSA) is 107 Å². The maximum absolute atomic E-state index is 12.1. The molecule has 0 atom stereocenters. The minimum Gasteiger partial charge on any atom is -0.438 e. The lowest BCUT2D eigenvalue weighted by Gasteiger charge is -2.06. The molecule has 0 aliphatic carbocycles. The Labute approximate surface area is 123 Å². The van der Waals surface area contributed by atoms with E-state index in [4.69, 9.17) is 4.74 Å². The zero-order chi connectivity index (χ0) is 15.5. The Morgan fingerprint density at radius 3 is 2.82 bits per heavy atom. The summed E-state index contributed by atoms with van der Waals surface area (Å²) in [5.41, 5.74) is -0.691. The first-order valence-electron chi connectivity index (χ1n) is 6.34. The number of nitrogens with zero attached hydrogens (tertiary/aromatic N) is 3. The first-order chi connectivity index (χ1) is 10.7. The van der Waals surface area contributed by atoms with Crippen molar-refractivity contribution in [2.24, 2.45) is 0 Å². The zero-order valence-corrected chi connectivity index (χ0v) is 11.2. The van der Waals surface area contributed by atoms with Crippen LogP contribution in [0, 0.1) is 0 Å². The molecule has 0 unspecified atom stereocenters. The molecule has 2 aromatic heterocycles.